The van der Waals surface area contributed by atoms with Crippen molar-refractivity contribution in [2.45, 2.75) is 64.0 Å². The summed E-state index contributed by atoms with van der Waals surface area (Å²) in [4.78, 5) is 27.0. The van der Waals surface area contributed by atoms with Crippen LogP contribution in [-0.4, -0.2) is 60.3 Å². The van der Waals surface area contributed by atoms with Gasteiger partial charge in [0.25, 0.3) is 5.91 Å². The van der Waals surface area contributed by atoms with Crippen molar-refractivity contribution in [2.75, 3.05) is 26.9 Å². The van der Waals surface area contributed by atoms with Crippen LogP contribution in [0.1, 0.15) is 52.4 Å². The predicted molar refractivity (Wildman–Crippen MR) is 99.1 cm³/mol. The maximum Gasteiger partial charge on any atom is 0.252 e. The minimum Gasteiger partial charge on any atom is -0.401 e. The third-order valence-electron chi connectivity index (χ3n) is 6.18. The molecule has 7 nitrogen and oxygen atoms in total. The lowest BCUT2D eigenvalue weighted by Gasteiger charge is -2.41. The fourth-order valence-electron chi connectivity index (χ4n) is 3.87. The number of hydrogen-bond acceptors (Lipinski definition) is 6. The van der Waals surface area contributed by atoms with Crippen molar-refractivity contribution in [3.63, 3.8) is 0 Å². The van der Waals surface area contributed by atoms with E-state index in [-0.39, 0.29) is 18.6 Å². The summed E-state index contributed by atoms with van der Waals surface area (Å²) >= 11 is 0. The number of ether oxygens (including phenoxy) is 1. The van der Waals surface area contributed by atoms with Gasteiger partial charge >= 0.3 is 0 Å². The minimum atomic E-state index is -0.831. The van der Waals surface area contributed by atoms with Crippen LogP contribution < -0.4 is 11.1 Å². The number of nitrogens with one attached hydrogen (secondary N) is 1. The molecule has 148 valence electrons. The molecule has 1 saturated carbocycles. The molecule has 0 aromatic carbocycles. The molecule has 1 aliphatic carbocycles. The van der Waals surface area contributed by atoms with Gasteiger partial charge in [0, 0.05) is 36.4 Å². The van der Waals surface area contributed by atoms with Crippen molar-refractivity contribution >= 4 is 11.8 Å². The Kier molecular flexibility index (Phi) is 6.82. The quantitative estimate of drug-likeness (QED) is 0.603. The van der Waals surface area contributed by atoms with Gasteiger partial charge in [-0.2, -0.15) is 0 Å². The molecule has 0 radical (unpaired) electrons. The molecular weight excluding hydrogens is 334 g/mol. The number of aliphatic hydroxyl groups excluding tert-OH is 1. The van der Waals surface area contributed by atoms with Crippen molar-refractivity contribution in [1.29, 1.82) is 0 Å². The smallest absolute Gasteiger partial charge is 0.252 e. The third-order valence-corrected chi connectivity index (χ3v) is 6.18. The highest BCUT2D eigenvalue weighted by molar-refractivity contribution is 6.04. The molecule has 0 aromatic heterocycles. The summed E-state index contributed by atoms with van der Waals surface area (Å²) in [5.41, 5.74) is 5.10. The first kappa shape index (κ1) is 20.9. The summed E-state index contributed by atoms with van der Waals surface area (Å²) in [6.07, 6.45) is 6.51. The van der Waals surface area contributed by atoms with E-state index in [1.54, 1.807) is 0 Å². The zero-order valence-corrected chi connectivity index (χ0v) is 16.2. The van der Waals surface area contributed by atoms with Gasteiger partial charge in [-0.15, -0.1) is 0 Å². The van der Waals surface area contributed by atoms with Gasteiger partial charge < -0.3 is 15.6 Å². The number of carbonyl (C=O) groups is 2. The topological polar surface area (TPSA) is 105 Å². The molecule has 0 atom stereocenters. The number of amides is 2. The number of nitrogens with two attached hydrogens (primary N) is 1. The van der Waals surface area contributed by atoms with Crippen LogP contribution in [0, 0.1) is 5.41 Å². The molecule has 4 N–H and O–H groups in total. The van der Waals surface area contributed by atoms with Crippen LogP contribution in [0.5, 0.6) is 0 Å². The van der Waals surface area contributed by atoms with E-state index in [1.165, 1.54) is 6.08 Å². The lowest BCUT2D eigenvalue weighted by molar-refractivity contribution is -0.137. The summed E-state index contributed by atoms with van der Waals surface area (Å²) < 4.78 is 5.38. The summed E-state index contributed by atoms with van der Waals surface area (Å²) in [7, 11) is 1.91. The molecular formula is C19H33N3O4. The molecule has 1 aliphatic heterocycles. The number of nitrogens with zero attached hydrogens (tertiary/aromatic N) is 1. The van der Waals surface area contributed by atoms with Crippen molar-refractivity contribution in [2.24, 2.45) is 11.1 Å². The monoisotopic (exact) mass is 367 g/mol. The summed E-state index contributed by atoms with van der Waals surface area (Å²) in [6, 6.07) is 0.247. The Morgan fingerprint density at radius 1 is 1.31 bits per heavy atom. The van der Waals surface area contributed by atoms with Crippen molar-refractivity contribution in [3.8, 4) is 0 Å². The highest BCUT2D eigenvalue weighted by atomic mass is 16.5. The van der Waals surface area contributed by atoms with Crippen LogP contribution in [0.4, 0.5) is 0 Å². The van der Waals surface area contributed by atoms with Gasteiger partial charge in [0.1, 0.15) is 0 Å². The van der Waals surface area contributed by atoms with E-state index in [9.17, 15) is 14.7 Å². The number of aliphatic hydroxyl groups is 1. The lowest BCUT2D eigenvalue weighted by Crippen LogP contribution is -2.58. The number of hydrogen-bond donors (Lipinski definition) is 3. The van der Waals surface area contributed by atoms with Gasteiger partial charge in [-0.05, 0) is 46.6 Å². The Labute approximate surface area is 155 Å². The molecule has 0 spiro atoms. The van der Waals surface area contributed by atoms with Gasteiger partial charge in [0.15, 0.2) is 0 Å². The Hall–Kier alpha value is -1.44. The van der Waals surface area contributed by atoms with Gasteiger partial charge in [-0.25, -0.2) is 0 Å². The predicted octanol–water partition coefficient (Wildman–Crippen LogP) is 0.914. The van der Waals surface area contributed by atoms with Crippen molar-refractivity contribution < 1.29 is 19.4 Å². The zero-order chi connectivity index (χ0) is 19.4. The van der Waals surface area contributed by atoms with Crippen LogP contribution in [0.3, 0.4) is 0 Å². The molecule has 7 heteroatoms. The van der Waals surface area contributed by atoms with E-state index in [1.807, 2.05) is 25.8 Å². The number of rotatable bonds is 6. The zero-order valence-electron chi connectivity index (χ0n) is 16.2. The fourth-order valence-corrected chi connectivity index (χ4v) is 3.87. The van der Waals surface area contributed by atoms with Gasteiger partial charge in [0.2, 0.25) is 5.91 Å². The van der Waals surface area contributed by atoms with E-state index in [0.29, 0.717) is 18.9 Å². The van der Waals surface area contributed by atoms with E-state index in [2.05, 4.69) is 5.32 Å². The van der Waals surface area contributed by atoms with Crippen molar-refractivity contribution in [3.05, 3.63) is 11.8 Å². The molecule has 0 aromatic rings. The van der Waals surface area contributed by atoms with E-state index in [0.717, 1.165) is 38.5 Å². The molecule has 1 saturated heterocycles. The first-order valence-corrected chi connectivity index (χ1v) is 9.47. The standard InChI is InChI=1S/C19H33N3O4/c1-18(2,22(3)14-6-10-26-11-7-14)17(25)21-16(24)12-15(20)19(13-23)8-4-5-9-19/h12,14,23H,4-11,13,20H2,1-3H3,(H,21,24,25). The van der Waals surface area contributed by atoms with Crippen LogP contribution >= 0.6 is 0 Å². The van der Waals surface area contributed by atoms with Crippen LogP contribution in [0.2, 0.25) is 0 Å². The highest BCUT2D eigenvalue weighted by Gasteiger charge is 2.38. The Morgan fingerprint density at radius 3 is 2.42 bits per heavy atom. The summed E-state index contributed by atoms with van der Waals surface area (Å²) in [5, 5.41) is 12.1. The first-order chi connectivity index (χ1) is 12.2. The molecule has 0 unspecified atom stereocenters. The maximum absolute atomic E-state index is 12.7. The Balaban J connectivity index is 2.00. The van der Waals surface area contributed by atoms with Crippen molar-refractivity contribution in [1.82, 2.24) is 10.2 Å². The first-order valence-electron chi connectivity index (χ1n) is 9.47. The van der Waals surface area contributed by atoms with E-state index >= 15 is 0 Å². The number of likely N-dealkylation sites (N-methyl/N-ethyl adjacent to an activating group) is 1. The normalized spacial score (nSPS) is 21.8. The van der Waals surface area contributed by atoms with Crippen LogP contribution in [0.15, 0.2) is 11.8 Å². The number of imide groups is 1. The van der Waals surface area contributed by atoms with E-state index < -0.39 is 16.9 Å². The lowest BCUT2D eigenvalue weighted by atomic mass is 9.83. The van der Waals surface area contributed by atoms with Gasteiger partial charge in [-0.3, -0.25) is 19.8 Å². The Morgan fingerprint density at radius 2 is 1.88 bits per heavy atom. The molecule has 26 heavy (non-hydrogen) atoms. The second-order valence-electron chi connectivity index (χ2n) is 8.08. The van der Waals surface area contributed by atoms with Gasteiger partial charge in [-0.1, -0.05) is 12.8 Å². The fraction of sp³-hybridized carbons (Fsp3) is 0.789. The molecule has 2 fully saturated rings. The molecule has 0 bridgehead atoms. The molecule has 2 aliphatic rings. The largest absolute Gasteiger partial charge is 0.401 e. The van der Waals surface area contributed by atoms with E-state index in [4.69, 9.17) is 10.5 Å². The third kappa shape index (κ3) is 4.45. The van der Waals surface area contributed by atoms with Gasteiger partial charge in [0.05, 0.1) is 12.1 Å². The molecule has 2 amide bonds. The minimum absolute atomic E-state index is 0.0749. The summed E-state index contributed by atoms with van der Waals surface area (Å²) in [6.45, 7) is 4.92. The SMILES string of the molecule is CN(C1CCOCC1)C(C)(C)C(=O)NC(=O)C=C(N)C1(CO)CCCC1. The molecule has 2 rings (SSSR count). The van der Waals surface area contributed by atoms with Crippen LogP contribution in [0.25, 0.3) is 0 Å². The van der Waals surface area contributed by atoms with Crippen LogP contribution in [-0.2, 0) is 14.3 Å². The number of carbonyl (C=O) groups excluding carboxylic acids is 2. The molecule has 1 heterocycles. The maximum atomic E-state index is 12.7. The second-order valence-corrected chi connectivity index (χ2v) is 8.08. The average molecular weight is 367 g/mol. The summed E-state index contributed by atoms with van der Waals surface area (Å²) in [5.74, 6) is -0.884. The highest BCUT2D eigenvalue weighted by Crippen LogP contribution is 2.41. The average Bonchev–Trinajstić information content (AvgIpc) is 3.12. The Bertz CT molecular complexity index is 547. The second kappa shape index (κ2) is 8.50.